The summed E-state index contributed by atoms with van der Waals surface area (Å²) in [4.78, 5) is 11.8. The lowest BCUT2D eigenvalue weighted by Crippen LogP contribution is -2.18. The summed E-state index contributed by atoms with van der Waals surface area (Å²) in [7, 11) is 0. The van der Waals surface area contributed by atoms with E-state index in [2.05, 4.69) is 33.1 Å². The Kier molecular flexibility index (Phi) is 4.38. The van der Waals surface area contributed by atoms with Crippen LogP contribution in [0.1, 0.15) is 16.1 Å². The van der Waals surface area contributed by atoms with Crippen molar-refractivity contribution in [2.75, 3.05) is 0 Å². The third-order valence-electron chi connectivity index (χ3n) is 2.07. The van der Waals surface area contributed by atoms with E-state index in [1.807, 2.05) is 6.07 Å². The number of rotatable bonds is 3. The Balaban J connectivity index is 2.06. The van der Waals surface area contributed by atoms with Crippen molar-refractivity contribution in [3.8, 4) is 0 Å². The number of furan rings is 1. The molecule has 0 radical (unpaired) electrons. The van der Waals surface area contributed by atoms with Crippen molar-refractivity contribution < 1.29 is 9.21 Å². The molecule has 18 heavy (non-hydrogen) atoms. The molecule has 1 N–H and O–H groups in total. The Morgan fingerprint density at radius 3 is 3.00 bits per heavy atom. The Morgan fingerprint density at radius 1 is 1.44 bits per heavy atom. The van der Waals surface area contributed by atoms with Gasteiger partial charge in [0.15, 0.2) is 0 Å². The molecule has 6 heteroatoms. The minimum Gasteiger partial charge on any atom is -0.463 e. The van der Waals surface area contributed by atoms with Gasteiger partial charge in [-0.2, -0.15) is 5.10 Å². The van der Waals surface area contributed by atoms with Crippen LogP contribution >= 0.6 is 34.2 Å². The van der Waals surface area contributed by atoms with Gasteiger partial charge in [0, 0.05) is 3.57 Å². The highest BCUT2D eigenvalue weighted by Gasteiger charge is 2.09. The van der Waals surface area contributed by atoms with Crippen molar-refractivity contribution in [2.24, 2.45) is 5.10 Å². The lowest BCUT2D eigenvalue weighted by Gasteiger charge is -2.02. The smallest absolute Gasteiger partial charge is 0.272 e. The second-order valence-electron chi connectivity index (χ2n) is 3.34. The van der Waals surface area contributed by atoms with Gasteiger partial charge in [-0.1, -0.05) is 11.6 Å². The van der Waals surface area contributed by atoms with Gasteiger partial charge in [0.25, 0.3) is 5.91 Å². The quantitative estimate of drug-likeness (QED) is 0.509. The lowest BCUT2D eigenvalue weighted by molar-refractivity contribution is 0.0955. The van der Waals surface area contributed by atoms with Crippen molar-refractivity contribution in [3.05, 3.63) is 56.5 Å². The maximum atomic E-state index is 11.8. The zero-order valence-electron chi connectivity index (χ0n) is 9.06. The van der Waals surface area contributed by atoms with Crippen LogP contribution in [0.25, 0.3) is 0 Å². The van der Waals surface area contributed by atoms with Gasteiger partial charge in [0.05, 0.1) is 23.1 Å². The lowest BCUT2D eigenvalue weighted by atomic mass is 10.2. The summed E-state index contributed by atoms with van der Waals surface area (Å²) in [5, 5.41) is 4.17. The van der Waals surface area contributed by atoms with Crippen LogP contribution in [0.5, 0.6) is 0 Å². The van der Waals surface area contributed by atoms with E-state index in [9.17, 15) is 4.79 Å². The number of nitrogens with zero attached hydrogens (tertiary/aromatic N) is 1. The molecule has 0 atom stereocenters. The summed E-state index contributed by atoms with van der Waals surface area (Å²) in [6.07, 6.45) is 2.94. The molecule has 0 aliphatic carbocycles. The number of hydrogen-bond acceptors (Lipinski definition) is 3. The molecule has 2 rings (SSSR count). The van der Waals surface area contributed by atoms with E-state index in [0.717, 1.165) is 3.57 Å². The van der Waals surface area contributed by atoms with Gasteiger partial charge in [-0.15, -0.1) is 0 Å². The fourth-order valence-electron chi connectivity index (χ4n) is 1.25. The summed E-state index contributed by atoms with van der Waals surface area (Å²) in [6.45, 7) is 0. The summed E-state index contributed by atoms with van der Waals surface area (Å²) in [5.41, 5.74) is 2.78. The maximum Gasteiger partial charge on any atom is 0.272 e. The molecule has 0 aliphatic rings. The first-order valence-corrected chi connectivity index (χ1v) is 6.44. The summed E-state index contributed by atoms with van der Waals surface area (Å²) >= 11 is 8.04. The predicted molar refractivity (Wildman–Crippen MR) is 77.9 cm³/mol. The first-order valence-electron chi connectivity index (χ1n) is 4.99. The standard InChI is InChI=1S/C12H8ClIN2O2/c13-11-4-3-8(14)6-10(11)12(17)16-15-7-9-2-1-5-18-9/h1-7H,(H,16,17)/b15-7-. The van der Waals surface area contributed by atoms with Gasteiger partial charge in [-0.05, 0) is 52.9 Å². The number of nitrogens with one attached hydrogen (secondary N) is 1. The molecule has 0 bridgehead atoms. The molecule has 0 saturated heterocycles. The van der Waals surface area contributed by atoms with Crippen LogP contribution in [0.15, 0.2) is 46.1 Å². The summed E-state index contributed by atoms with van der Waals surface area (Å²) in [6, 6.07) is 8.66. The maximum absolute atomic E-state index is 11.8. The zero-order chi connectivity index (χ0) is 13.0. The number of hydrogen-bond donors (Lipinski definition) is 1. The Labute approximate surface area is 122 Å². The zero-order valence-corrected chi connectivity index (χ0v) is 12.0. The molecule has 1 aromatic heterocycles. The molecule has 0 aliphatic heterocycles. The average Bonchev–Trinajstić information content (AvgIpc) is 2.85. The largest absolute Gasteiger partial charge is 0.463 e. The third kappa shape index (κ3) is 3.33. The van der Waals surface area contributed by atoms with Gasteiger partial charge >= 0.3 is 0 Å². The molecule has 4 nitrogen and oxygen atoms in total. The molecule has 2 aromatic rings. The second kappa shape index (κ2) is 6.01. The minimum atomic E-state index is -0.360. The first-order chi connectivity index (χ1) is 8.66. The van der Waals surface area contributed by atoms with Crippen molar-refractivity contribution >= 4 is 46.3 Å². The van der Waals surface area contributed by atoms with E-state index in [4.69, 9.17) is 16.0 Å². The molecule has 1 aromatic carbocycles. The minimum absolute atomic E-state index is 0.360. The van der Waals surface area contributed by atoms with E-state index in [-0.39, 0.29) is 5.91 Å². The number of amides is 1. The van der Waals surface area contributed by atoms with Crippen LogP contribution in [0.4, 0.5) is 0 Å². The number of halogens is 2. The fraction of sp³-hybridized carbons (Fsp3) is 0. The Morgan fingerprint density at radius 2 is 2.28 bits per heavy atom. The normalized spacial score (nSPS) is 10.8. The fourth-order valence-corrected chi connectivity index (χ4v) is 1.95. The van der Waals surface area contributed by atoms with Crippen LogP contribution in [0, 0.1) is 3.57 Å². The van der Waals surface area contributed by atoms with Gasteiger partial charge in [-0.25, -0.2) is 5.43 Å². The second-order valence-corrected chi connectivity index (χ2v) is 4.99. The number of benzene rings is 1. The summed E-state index contributed by atoms with van der Waals surface area (Å²) in [5.74, 6) is 0.199. The highest BCUT2D eigenvalue weighted by molar-refractivity contribution is 14.1. The van der Waals surface area contributed by atoms with E-state index < -0.39 is 0 Å². The predicted octanol–water partition coefficient (Wildman–Crippen LogP) is 3.30. The highest BCUT2D eigenvalue weighted by atomic mass is 127. The topological polar surface area (TPSA) is 54.6 Å². The van der Waals surface area contributed by atoms with Crippen molar-refractivity contribution in [1.82, 2.24) is 5.43 Å². The first kappa shape index (κ1) is 13.1. The van der Waals surface area contributed by atoms with Crippen LogP contribution in [0.3, 0.4) is 0 Å². The van der Waals surface area contributed by atoms with Crippen LogP contribution < -0.4 is 5.43 Å². The average molecular weight is 375 g/mol. The van der Waals surface area contributed by atoms with Crippen molar-refractivity contribution in [1.29, 1.82) is 0 Å². The van der Waals surface area contributed by atoms with Crippen LogP contribution in [-0.2, 0) is 0 Å². The van der Waals surface area contributed by atoms with Gasteiger partial charge in [0.1, 0.15) is 5.76 Å². The van der Waals surface area contributed by atoms with Gasteiger partial charge < -0.3 is 4.42 Å². The molecule has 1 amide bonds. The van der Waals surface area contributed by atoms with Crippen LogP contribution in [-0.4, -0.2) is 12.1 Å². The van der Waals surface area contributed by atoms with E-state index in [1.165, 1.54) is 12.5 Å². The number of hydrazone groups is 1. The Bertz CT molecular complexity index is 582. The summed E-state index contributed by atoms with van der Waals surface area (Å²) < 4.78 is 5.96. The SMILES string of the molecule is O=C(N/N=C\c1ccco1)c1cc(I)ccc1Cl. The van der Waals surface area contributed by atoms with E-state index in [1.54, 1.807) is 24.3 Å². The van der Waals surface area contributed by atoms with Crippen molar-refractivity contribution in [3.63, 3.8) is 0 Å². The number of carbonyl (C=O) groups is 1. The monoisotopic (exact) mass is 374 g/mol. The third-order valence-corrected chi connectivity index (χ3v) is 3.07. The van der Waals surface area contributed by atoms with Crippen molar-refractivity contribution in [2.45, 2.75) is 0 Å². The van der Waals surface area contributed by atoms with Gasteiger partial charge in [-0.3, -0.25) is 4.79 Å². The highest BCUT2D eigenvalue weighted by Crippen LogP contribution is 2.18. The molecular weight excluding hydrogens is 367 g/mol. The van der Waals surface area contributed by atoms with E-state index >= 15 is 0 Å². The molecular formula is C12H8ClIN2O2. The molecule has 0 unspecified atom stereocenters. The molecule has 0 saturated carbocycles. The molecule has 92 valence electrons. The van der Waals surface area contributed by atoms with Gasteiger partial charge in [0.2, 0.25) is 0 Å². The van der Waals surface area contributed by atoms with Crippen LogP contribution in [0.2, 0.25) is 5.02 Å². The molecule has 1 heterocycles. The molecule has 0 fully saturated rings. The number of carbonyl (C=O) groups excluding carboxylic acids is 1. The Hall–Kier alpha value is -1.34. The van der Waals surface area contributed by atoms with E-state index in [0.29, 0.717) is 16.3 Å². The molecule has 0 spiro atoms.